The number of nitrogens with zero attached hydrogens (tertiary/aromatic N) is 6. The number of rotatable bonds is 10. The molecule has 3 aromatic heterocycles. The second kappa shape index (κ2) is 12.9. The third-order valence-corrected chi connectivity index (χ3v) is 8.10. The van der Waals surface area contributed by atoms with E-state index in [2.05, 4.69) is 20.4 Å². The molecule has 0 saturated carbocycles. The molecule has 6 rings (SSSR count). The lowest BCUT2D eigenvalue weighted by Gasteiger charge is -2.19. The Morgan fingerprint density at radius 1 is 1.04 bits per heavy atom. The predicted octanol–water partition coefficient (Wildman–Crippen LogP) is 4.21. The lowest BCUT2D eigenvalue weighted by molar-refractivity contribution is -0.136. The second-order valence-electron chi connectivity index (χ2n) is 11.0. The molecule has 0 unspecified atom stereocenters. The lowest BCUT2D eigenvalue weighted by Crippen LogP contribution is -2.42. The van der Waals surface area contributed by atoms with Gasteiger partial charge in [-0.15, -0.1) is 0 Å². The van der Waals surface area contributed by atoms with Gasteiger partial charge in [0.25, 0.3) is 0 Å². The van der Waals surface area contributed by atoms with E-state index in [1.54, 1.807) is 42.2 Å². The van der Waals surface area contributed by atoms with E-state index >= 15 is 0 Å². The van der Waals surface area contributed by atoms with Crippen LogP contribution >= 0.6 is 11.6 Å². The van der Waals surface area contributed by atoms with E-state index in [9.17, 15) is 32.7 Å². The Morgan fingerprint density at radius 3 is 2.56 bits per heavy atom. The van der Waals surface area contributed by atoms with Crippen LogP contribution in [0.5, 0.6) is 0 Å². The minimum absolute atomic E-state index is 0.0133. The minimum atomic E-state index is -1.43. The van der Waals surface area contributed by atoms with E-state index < -0.39 is 46.9 Å². The summed E-state index contributed by atoms with van der Waals surface area (Å²) in [6.45, 7) is -0.500. The highest BCUT2D eigenvalue weighted by molar-refractivity contribution is 6.34. The van der Waals surface area contributed by atoms with Crippen LogP contribution in [0.25, 0.3) is 27.4 Å². The number of hydrogen-bond donors (Lipinski definition) is 3. The van der Waals surface area contributed by atoms with E-state index in [0.717, 1.165) is 4.57 Å². The number of nitrogens with two attached hydrogens (primary N) is 1. The van der Waals surface area contributed by atoms with Gasteiger partial charge in [-0.2, -0.15) is 10.1 Å². The molecule has 3 aromatic carbocycles. The van der Waals surface area contributed by atoms with Crippen LogP contribution in [-0.2, 0) is 31.2 Å². The molecule has 48 heavy (non-hydrogen) atoms. The third-order valence-electron chi connectivity index (χ3n) is 7.80. The summed E-state index contributed by atoms with van der Waals surface area (Å²) in [6, 6.07) is 7.54. The zero-order chi connectivity index (χ0) is 34.3. The minimum Gasteiger partial charge on any atom is -0.481 e. The SMILES string of the molecule is Cn1cc2c(CCN)c(Nc3nc(=O)n(-c4cncc5cccc(CCC(=O)O)c45)c(=O)n3Cc3cc(F)c(F)cc3F)c(Cl)cc2n1. The topological polar surface area (TPSA) is 163 Å². The summed E-state index contributed by atoms with van der Waals surface area (Å²) >= 11 is 6.67. The molecule has 12 nitrogen and oxygen atoms in total. The molecule has 0 aliphatic rings. The number of carbonyl (C=O) groups is 1. The molecular formula is C32H26ClF3N8O4. The summed E-state index contributed by atoms with van der Waals surface area (Å²) in [7, 11) is 1.72. The Bertz CT molecular complexity index is 2370. The molecule has 0 aliphatic heterocycles. The Labute approximate surface area is 273 Å². The summed E-state index contributed by atoms with van der Waals surface area (Å²) in [5.74, 6) is -5.36. The molecule has 0 fully saturated rings. The van der Waals surface area contributed by atoms with Gasteiger partial charge in [0.05, 0.1) is 34.7 Å². The summed E-state index contributed by atoms with van der Waals surface area (Å²) in [5, 5.41) is 18.3. The number of benzene rings is 3. The highest BCUT2D eigenvalue weighted by Crippen LogP contribution is 2.35. The van der Waals surface area contributed by atoms with Crippen LogP contribution in [0.1, 0.15) is 23.1 Å². The maximum absolute atomic E-state index is 15.0. The average Bonchev–Trinajstić information content (AvgIpc) is 3.41. The van der Waals surface area contributed by atoms with Crippen LogP contribution in [0, 0.1) is 17.5 Å². The number of carboxylic acids is 1. The molecule has 4 N–H and O–H groups in total. The van der Waals surface area contributed by atoms with Crippen molar-refractivity contribution in [3.63, 3.8) is 0 Å². The van der Waals surface area contributed by atoms with E-state index in [1.807, 2.05) is 0 Å². The number of nitrogens with one attached hydrogen (secondary N) is 1. The van der Waals surface area contributed by atoms with Gasteiger partial charge in [-0.3, -0.25) is 19.0 Å². The Balaban J connectivity index is 1.61. The quantitative estimate of drug-likeness (QED) is 0.180. The van der Waals surface area contributed by atoms with Gasteiger partial charge in [-0.05, 0) is 42.6 Å². The van der Waals surface area contributed by atoms with Gasteiger partial charge in [-0.25, -0.2) is 27.3 Å². The first-order chi connectivity index (χ1) is 23.0. The van der Waals surface area contributed by atoms with Crippen molar-refractivity contribution in [2.75, 3.05) is 11.9 Å². The average molecular weight is 679 g/mol. The highest BCUT2D eigenvalue weighted by atomic mass is 35.5. The number of pyridine rings is 1. The van der Waals surface area contributed by atoms with Crippen molar-refractivity contribution in [1.82, 2.24) is 28.9 Å². The Kier molecular flexibility index (Phi) is 8.73. The zero-order valence-corrected chi connectivity index (χ0v) is 25.9. The number of hydrogen-bond acceptors (Lipinski definition) is 8. The van der Waals surface area contributed by atoms with Crippen LogP contribution in [0.15, 0.2) is 64.6 Å². The molecule has 6 aromatic rings. The summed E-state index contributed by atoms with van der Waals surface area (Å²) in [4.78, 5) is 47.8. The maximum atomic E-state index is 15.0. The summed E-state index contributed by atoms with van der Waals surface area (Å²) < 4.78 is 46.3. The first kappa shape index (κ1) is 32.4. The van der Waals surface area contributed by atoms with Gasteiger partial charge in [-0.1, -0.05) is 29.8 Å². The number of aromatic nitrogens is 6. The van der Waals surface area contributed by atoms with Crippen molar-refractivity contribution >= 4 is 50.9 Å². The molecule has 0 saturated heterocycles. The number of aliphatic carboxylic acids is 1. The van der Waals surface area contributed by atoms with Crippen LogP contribution in [0.4, 0.5) is 24.8 Å². The van der Waals surface area contributed by atoms with E-state index in [4.69, 9.17) is 17.3 Å². The van der Waals surface area contributed by atoms with E-state index in [1.165, 1.54) is 12.4 Å². The smallest absolute Gasteiger partial charge is 0.359 e. The van der Waals surface area contributed by atoms with Crippen molar-refractivity contribution < 1.29 is 23.1 Å². The monoisotopic (exact) mass is 678 g/mol. The summed E-state index contributed by atoms with van der Waals surface area (Å²) in [5.41, 5.74) is 5.29. The fourth-order valence-corrected chi connectivity index (χ4v) is 5.94. The number of halogens is 4. The number of fused-ring (bicyclic) bond motifs is 2. The Morgan fingerprint density at radius 2 is 1.81 bits per heavy atom. The van der Waals surface area contributed by atoms with Crippen LogP contribution in [0.2, 0.25) is 5.02 Å². The first-order valence-corrected chi connectivity index (χ1v) is 14.9. The van der Waals surface area contributed by atoms with E-state index in [0.29, 0.717) is 55.9 Å². The van der Waals surface area contributed by atoms with Gasteiger partial charge in [0.2, 0.25) is 5.95 Å². The van der Waals surface area contributed by atoms with Crippen LogP contribution in [-0.4, -0.2) is 46.5 Å². The van der Waals surface area contributed by atoms with Crippen molar-refractivity contribution in [3.05, 3.63) is 115 Å². The molecule has 3 heterocycles. The number of aryl methyl sites for hydroxylation is 2. The van der Waals surface area contributed by atoms with Gasteiger partial charge < -0.3 is 16.2 Å². The highest BCUT2D eigenvalue weighted by Gasteiger charge is 2.23. The molecule has 246 valence electrons. The second-order valence-corrected chi connectivity index (χ2v) is 11.4. The van der Waals surface area contributed by atoms with Gasteiger partial charge in [0, 0.05) is 53.7 Å². The zero-order valence-electron chi connectivity index (χ0n) is 25.2. The molecular weight excluding hydrogens is 653 g/mol. The fraction of sp³-hybridized carbons (Fsp3) is 0.188. The molecule has 0 radical (unpaired) electrons. The van der Waals surface area contributed by atoms with Crippen molar-refractivity contribution in [2.45, 2.75) is 25.8 Å². The molecule has 0 aliphatic carbocycles. The van der Waals surface area contributed by atoms with Gasteiger partial charge in [0.1, 0.15) is 5.82 Å². The first-order valence-electron chi connectivity index (χ1n) is 14.5. The Hall–Kier alpha value is -5.54. The predicted molar refractivity (Wildman–Crippen MR) is 173 cm³/mol. The third kappa shape index (κ3) is 6.00. The number of carboxylic acid groups (broad SMARTS) is 1. The standard InChI is InChI=1S/C32H26ClF3N8O4/c1-42-15-20-19(7-8-37)29(21(33)10-25(20)41-42)39-30-40-31(47)44(32(48)43(30)14-18-9-23(35)24(36)11-22(18)34)26-13-38-12-17-4-2-3-16(28(17)26)5-6-27(45)46/h2-4,9-13,15H,5-8,14,37H2,1H3,(H,45,46)(H,39,40,47). The van der Waals surface area contributed by atoms with Crippen LogP contribution < -0.4 is 22.4 Å². The molecule has 0 atom stereocenters. The fourth-order valence-electron chi connectivity index (χ4n) is 5.67. The molecule has 0 bridgehead atoms. The van der Waals surface area contributed by atoms with Crippen molar-refractivity contribution in [2.24, 2.45) is 12.8 Å². The van der Waals surface area contributed by atoms with Gasteiger partial charge >= 0.3 is 17.3 Å². The van der Waals surface area contributed by atoms with Gasteiger partial charge in [0.15, 0.2) is 11.6 Å². The van der Waals surface area contributed by atoms with Crippen molar-refractivity contribution in [1.29, 1.82) is 0 Å². The molecule has 0 spiro atoms. The largest absolute Gasteiger partial charge is 0.481 e. The molecule has 16 heteroatoms. The number of anilines is 2. The molecule has 0 amide bonds. The normalized spacial score (nSPS) is 11.5. The maximum Gasteiger partial charge on any atom is 0.359 e. The summed E-state index contributed by atoms with van der Waals surface area (Å²) in [6.07, 6.45) is 4.61. The van der Waals surface area contributed by atoms with Crippen molar-refractivity contribution in [3.8, 4) is 5.69 Å². The van der Waals surface area contributed by atoms with E-state index in [-0.39, 0.29) is 41.7 Å². The lowest BCUT2D eigenvalue weighted by atomic mass is 10.0. The van der Waals surface area contributed by atoms with Crippen LogP contribution in [0.3, 0.4) is 0 Å².